The second-order valence-electron chi connectivity index (χ2n) is 4.19. The number of aromatic nitrogens is 1. The maximum atomic E-state index is 4.38. The molecule has 2 rings (SSSR count). The summed E-state index contributed by atoms with van der Waals surface area (Å²) in [4.78, 5) is 4.38. The first kappa shape index (κ1) is 11.1. The van der Waals surface area contributed by atoms with E-state index in [0.717, 1.165) is 18.4 Å². The van der Waals surface area contributed by atoms with Crippen LogP contribution in [0, 0.1) is 6.92 Å². The number of pyridine rings is 1. The molecule has 0 fully saturated rings. The molecule has 0 aliphatic rings. The molecular weight excluding hydrogens is 194 g/mol. The molecule has 0 unspecified atom stereocenters. The highest BCUT2D eigenvalue weighted by molar-refractivity contribution is 5.78. The molecule has 0 bridgehead atoms. The maximum Gasteiger partial charge on any atom is 0.0704 e. The van der Waals surface area contributed by atoms with Gasteiger partial charge in [0.15, 0.2) is 0 Å². The van der Waals surface area contributed by atoms with Gasteiger partial charge in [0, 0.05) is 11.6 Å². The predicted molar refractivity (Wildman–Crippen MR) is 69.3 cm³/mol. The number of hydrogen-bond donors (Lipinski definition) is 0. The zero-order chi connectivity index (χ0) is 11.2. The van der Waals surface area contributed by atoms with Crippen LogP contribution >= 0.6 is 0 Å². The highest BCUT2D eigenvalue weighted by atomic mass is 14.6. The molecule has 0 aliphatic heterocycles. The Hall–Kier alpha value is -1.37. The van der Waals surface area contributed by atoms with Gasteiger partial charge in [-0.1, -0.05) is 44.4 Å². The van der Waals surface area contributed by atoms with Gasteiger partial charge in [-0.25, -0.2) is 0 Å². The number of hydrogen-bond acceptors (Lipinski definition) is 1. The highest BCUT2D eigenvalue weighted by Crippen LogP contribution is 2.15. The molecule has 83 valence electrons. The van der Waals surface area contributed by atoms with Crippen molar-refractivity contribution < 1.29 is 0 Å². The van der Waals surface area contributed by atoms with Crippen molar-refractivity contribution in [3.63, 3.8) is 0 Å². The molecule has 1 radical (unpaired) electrons. The van der Waals surface area contributed by atoms with E-state index in [2.05, 4.69) is 36.2 Å². The molecule has 2 aromatic rings. The Morgan fingerprint density at radius 2 is 2.00 bits per heavy atom. The smallest absolute Gasteiger partial charge is 0.0704 e. The normalized spacial score (nSPS) is 10.8. The predicted octanol–water partition coefficient (Wildman–Crippen LogP) is 4.17. The van der Waals surface area contributed by atoms with E-state index < -0.39 is 0 Å². The first-order valence-corrected chi connectivity index (χ1v) is 6.03. The third-order valence-electron chi connectivity index (χ3n) is 2.89. The summed E-state index contributed by atoms with van der Waals surface area (Å²) in [7, 11) is 0. The van der Waals surface area contributed by atoms with E-state index in [-0.39, 0.29) is 0 Å². The SMILES string of the molecule is [CH2]CCCCCc1ccc2cccnc2c1. The average molecular weight is 212 g/mol. The third kappa shape index (κ3) is 2.82. The van der Waals surface area contributed by atoms with Crippen LogP contribution < -0.4 is 0 Å². The minimum Gasteiger partial charge on any atom is -0.256 e. The number of benzene rings is 1. The lowest BCUT2D eigenvalue weighted by Crippen LogP contribution is -1.87. The number of aryl methyl sites for hydroxylation is 1. The van der Waals surface area contributed by atoms with Crippen molar-refractivity contribution in [3.05, 3.63) is 49.0 Å². The summed E-state index contributed by atoms with van der Waals surface area (Å²) in [6.07, 6.45) is 7.85. The van der Waals surface area contributed by atoms with Crippen molar-refractivity contribution in [1.82, 2.24) is 4.98 Å². The lowest BCUT2D eigenvalue weighted by atomic mass is 10.0. The van der Waals surface area contributed by atoms with E-state index in [9.17, 15) is 0 Å². The average Bonchev–Trinajstić information content (AvgIpc) is 2.34. The van der Waals surface area contributed by atoms with E-state index in [1.165, 1.54) is 30.2 Å². The highest BCUT2D eigenvalue weighted by Gasteiger charge is 1.97. The summed E-state index contributed by atoms with van der Waals surface area (Å²) < 4.78 is 0. The van der Waals surface area contributed by atoms with Crippen LogP contribution in [0.3, 0.4) is 0 Å². The molecule has 1 nitrogen and oxygen atoms in total. The zero-order valence-corrected chi connectivity index (χ0v) is 9.65. The van der Waals surface area contributed by atoms with Crippen LogP contribution in [0.15, 0.2) is 36.5 Å². The Bertz CT molecular complexity index is 448. The van der Waals surface area contributed by atoms with Crippen LogP contribution in [0.25, 0.3) is 10.9 Å². The Kier molecular flexibility index (Phi) is 3.92. The number of rotatable bonds is 5. The summed E-state index contributed by atoms with van der Waals surface area (Å²) in [5, 5.41) is 1.23. The summed E-state index contributed by atoms with van der Waals surface area (Å²) >= 11 is 0. The fraction of sp³-hybridized carbons (Fsp3) is 0.333. The summed E-state index contributed by atoms with van der Waals surface area (Å²) in [5.74, 6) is 0. The van der Waals surface area contributed by atoms with E-state index in [1.54, 1.807) is 0 Å². The van der Waals surface area contributed by atoms with Crippen molar-refractivity contribution in [2.45, 2.75) is 32.1 Å². The van der Waals surface area contributed by atoms with Crippen molar-refractivity contribution in [1.29, 1.82) is 0 Å². The molecular formula is C15H18N. The minimum absolute atomic E-state index is 1.05. The van der Waals surface area contributed by atoms with Gasteiger partial charge in [-0.2, -0.15) is 0 Å². The monoisotopic (exact) mass is 212 g/mol. The third-order valence-corrected chi connectivity index (χ3v) is 2.89. The van der Waals surface area contributed by atoms with Crippen LogP contribution in [0.5, 0.6) is 0 Å². The van der Waals surface area contributed by atoms with Crippen LogP contribution in [-0.4, -0.2) is 4.98 Å². The Labute approximate surface area is 97.5 Å². The number of unbranched alkanes of at least 4 members (excludes halogenated alkanes) is 3. The largest absolute Gasteiger partial charge is 0.256 e. The van der Waals surface area contributed by atoms with Crippen molar-refractivity contribution in [2.24, 2.45) is 0 Å². The van der Waals surface area contributed by atoms with E-state index in [4.69, 9.17) is 0 Å². The van der Waals surface area contributed by atoms with Gasteiger partial charge in [-0.3, -0.25) is 4.98 Å². The molecule has 1 heterocycles. The Balaban J connectivity index is 2.02. The van der Waals surface area contributed by atoms with E-state index in [1.807, 2.05) is 12.3 Å². The van der Waals surface area contributed by atoms with Crippen LogP contribution in [-0.2, 0) is 6.42 Å². The Morgan fingerprint density at radius 1 is 1.06 bits per heavy atom. The molecule has 0 saturated heterocycles. The molecule has 1 aromatic carbocycles. The number of nitrogens with zero attached hydrogens (tertiary/aromatic N) is 1. The van der Waals surface area contributed by atoms with Crippen LogP contribution in [0.1, 0.15) is 31.2 Å². The lowest BCUT2D eigenvalue weighted by Gasteiger charge is -2.03. The first-order chi connectivity index (χ1) is 7.90. The molecule has 16 heavy (non-hydrogen) atoms. The van der Waals surface area contributed by atoms with Crippen molar-refractivity contribution in [3.8, 4) is 0 Å². The quantitative estimate of drug-likeness (QED) is 0.678. The molecule has 0 N–H and O–H groups in total. The van der Waals surface area contributed by atoms with Gasteiger partial charge >= 0.3 is 0 Å². The first-order valence-electron chi connectivity index (χ1n) is 6.03. The zero-order valence-electron chi connectivity index (χ0n) is 9.65. The van der Waals surface area contributed by atoms with Gasteiger partial charge in [-0.05, 0) is 30.5 Å². The van der Waals surface area contributed by atoms with E-state index in [0.29, 0.717) is 0 Å². The van der Waals surface area contributed by atoms with Gasteiger partial charge in [-0.15, -0.1) is 0 Å². The summed E-state index contributed by atoms with van der Waals surface area (Å²) in [6, 6.07) is 10.7. The van der Waals surface area contributed by atoms with Crippen molar-refractivity contribution in [2.75, 3.05) is 0 Å². The minimum atomic E-state index is 1.05. The standard InChI is InChI=1S/C15H18N/c1-2-3-4-5-7-13-9-10-14-8-6-11-16-15(14)12-13/h6,8-12H,1-5,7H2. The Morgan fingerprint density at radius 3 is 2.88 bits per heavy atom. The molecule has 0 amide bonds. The summed E-state index contributed by atoms with van der Waals surface area (Å²) in [5.41, 5.74) is 2.51. The molecule has 0 aliphatic carbocycles. The van der Waals surface area contributed by atoms with Crippen LogP contribution in [0.2, 0.25) is 0 Å². The molecule has 0 spiro atoms. The molecule has 1 heteroatoms. The molecule has 0 atom stereocenters. The molecule has 0 saturated carbocycles. The van der Waals surface area contributed by atoms with Gasteiger partial charge in [0.25, 0.3) is 0 Å². The lowest BCUT2D eigenvalue weighted by molar-refractivity contribution is 0.686. The fourth-order valence-corrected chi connectivity index (χ4v) is 1.95. The molecule has 1 aromatic heterocycles. The van der Waals surface area contributed by atoms with Gasteiger partial charge in [0.2, 0.25) is 0 Å². The second-order valence-corrected chi connectivity index (χ2v) is 4.19. The topological polar surface area (TPSA) is 12.9 Å². The van der Waals surface area contributed by atoms with E-state index >= 15 is 0 Å². The number of fused-ring (bicyclic) bond motifs is 1. The van der Waals surface area contributed by atoms with Gasteiger partial charge in [0.05, 0.1) is 5.52 Å². The second kappa shape index (κ2) is 5.64. The maximum absolute atomic E-state index is 4.38. The van der Waals surface area contributed by atoms with Crippen LogP contribution in [0.4, 0.5) is 0 Å². The fourth-order valence-electron chi connectivity index (χ4n) is 1.95. The van der Waals surface area contributed by atoms with Crippen molar-refractivity contribution >= 4 is 10.9 Å². The van der Waals surface area contributed by atoms with Gasteiger partial charge < -0.3 is 0 Å². The summed E-state index contributed by atoms with van der Waals surface area (Å²) in [6.45, 7) is 3.86. The van der Waals surface area contributed by atoms with Gasteiger partial charge in [0.1, 0.15) is 0 Å².